The number of allylic oxidation sites excluding steroid dienone is 6. The Labute approximate surface area is 424 Å². The third-order valence-electron chi connectivity index (χ3n) is 13.9. The van der Waals surface area contributed by atoms with E-state index in [-0.39, 0.29) is 18.5 Å². The molecule has 0 bridgehead atoms. The molecule has 0 heterocycles. The van der Waals surface area contributed by atoms with Gasteiger partial charge in [0.25, 0.3) is 0 Å². The maximum atomic E-state index is 12.4. The highest BCUT2D eigenvalue weighted by Gasteiger charge is 2.20. The number of rotatable bonds is 56. The van der Waals surface area contributed by atoms with E-state index in [4.69, 9.17) is 4.74 Å². The lowest BCUT2D eigenvalue weighted by molar-refractivity contribution is -0.143. The molecule has 6 heteroatoms. The number of amides is 1. The Morgan fingerprint density at radius 2 is 0.735 bits per heavy atom. The summed E-state index contributed by atoms with van der Waals surface area (Å²) in [5.74, 6) is -0.0412. The van der Waals surface area contributed by atoms with Gasteiger partial charge in [0, 0.05) is 12.8 Å². The molecule has 0 rings (SSSR count). The average Bonchev–Trinajstić information content (AvgIpc) is 3.34. The van der Waals surface area contributed by atoms with Crippen molar-refractivity contribution in [2.45, 2.75) is 334 Å². The van der Waals surface area contributed by atoms with E-state index >= 15 is 0 Å². The molecule has 0 aliphatic rings. The summed E-state index contributed by atoms with van der Waals surface area (Å²) in [5.41, 5.74) is 0. The molecule has 6 nitrogen and oxygen atoms in total. The van der Waals surface area contributed by atoms with Crippen molar-refractivity contribution in [1.82, 2.24) is 5.32 Å². The fourth-order valence-electron chi connectivity index (χ4n) is 9.25. The number of aliphatic hydroxyl groups is 2. The number of nitrogens with one attached hydrogen (secondary N) is 1. The summed E-state index contributed by atoms with van der Waals surface area (Å²) in [6, 6.07) is -0.544. The predicted octanol–water partition coefficient (Wildman–Crippen LogP) is 18.8. The van der Waals surface area contributed by atoms with E-state index in [1.165, 1.54) is 238 Å². The van der Waals surface area contributed by atoms with Crippen LogP contribution in [0.4, 0.5) is 0 Å². The normalized spacial score (nSPS) is 12.8. The van der Waals surface area contributed by atoms with E-state index in [0.717, 1.165) is 51.4 Å². The first kappa shape index (κ1) is 66.1. The predicted molar refractivity (Wildman–Crippen MR) is 296 cm³/mol. The van der Waals surface area contributed by atoms with Crippen molar-refractivity contribution in [2.75, 3.05) is 13.2 Å². The van der Waals surface area contributed by atoms with Crippen LogP contribution in [0.2, 0.25) is 0 Å². The molecule has 68 heavy (non-hydrogen) atoms. The van der Waals surface area contributed by atoms with Crippen molar-refractivity contribution >= 4 is 11.9 Å². The molecule has 0 saturated carbocycles. The van der Waals surface area contributed by atoms with Crippen molar-refractivity contribution in [2.24, 2.45) is 0 Å². The lowest BCUT2D eigenvalue weighted by Gasteiger charge is -2.22. The summed E-state index contributed by atoms with van der Waals surface area (Å²) in [7, 11) is 0. The van der Waals surface area contributed by atoms with Gasteiger partial charge in [0.15, 0.2) is 0 Å². The standard InChI is InChI=1S/C62H117NO5/c1-3-5-7-9-11-13-15-16-17-30-33-36-40-44-48-52-56-62(67)68-57-53-49-45-41-37-34-31-28-26-24-22-20-18-19-21-23-25-27-29-32-35-39-43-47-51-55-61(66)63-59(58-64)60(65)54-50-46-42-38-14-12-10-8-6-4-2/h17,19-22,30,59-60,64-65H,3-16,18,23-29,31-58H2,1-2H3,(H,63,66)/b21-19-,22-20-,30-17-. The molecule has 2 unspecified atom stereocenters. The highest BCUT2D eigenvalue weighted by molar-refractivity contribution is 5.76. The van der Waals surface area contributed by atoms with E-state index in [0.29, 0.717) is 25.9 Å². The Morgan fingerprint density at radius 3 is 1.13 bits per heavy atom. The van der Waals surface area contributed by atoms with Gasteiger partial charge in [-0.3, -0.25) is 9.59 Å². The summed E-state index contributed by atoms with van der Waals surface area (Å²) in [4.78, 5) is 24.5. The Morgan fingerprint density at radius 1 is 0.412 bits per heavy atom. The highest BCUT2D eigenvalue weighted by atomic mass is 16.5. The van der Waals surface area contributed by atoms with Crippen molar-refractivity contribution in [1.29, 1.82) is 0 Å². The van der Waals surface area contributed by atoms with Crippen LogP contribution in [0, 0.1) is 0 Å². The number of carbonyl (C=O) groups is 2. The minimum Gasteiger partial charge on any atom is -0.466 e. The van der Waals surface area contributed by atoms with Gasteiger partial charge < -0.3 is 20.3 Å². The van der Waals surface area contributed by atoms with Crippen LogP contribution in [-0.2, 0) is 14.3 Å². The lowest BCUT2D eigenvalue weighted by atomic mass is 10.0. The van der Waals surface area contributed by atoms with Crippen molar-refractivity contribution in [3.8, 4) is 0 Å². The largest absolute Gasteiger partial charge is 0.466 e. The first-order chi connectivity index (χ1) is 33.5. The second-order valence-corrected chi connectivity index (χ2v) is 20.7. The monoisotopic (exact) mass is 956 g/mol. The molecular formula is C62H117NO5. The van der Waals surface area contributed by atoms with E-state index < -0.39 is 12.1 Å². The second-order valence-electron chi connectivity index (χ2n) is 20.7. The molecule has 0 aromatic carbocycles. The van der Waals surface area contributed by atoms with E-state index in [2.05, 4.69) is 55.6 Å². The molecule has 0 radical (unpaired) electrons. The van der Waals surface area contributed by atoms with Crippen LogP contribution in [-0.4, -0.2) is 47.4 Å². The maximum absolute atomic E-state index is 12.4. The number of hydrogen-bond donors (Lipinski definition) is 3. The Balaban J connectivity index is 3.41. The van der Waals surface area contributed by atoms with Gasteiger partial charge in [-0.2, -0.15) is 0 Å². The van der Waals surface area contributed by atoms with Crippen molar-refractivity contribution in [3.05, 3.63) is 36.5 Å². The molecule has 400 valence electrons. The highest BCUT2D eigenvalue weighted by Crippen LogP contribution is 2.16. The maximum Gasteiger partial charge on any atom is 0.305 e. The van der Waals surface area contributed by atoms with Crippen molar-refractivity contribution in [3.63, 3.8) is 0 Å². The van der Waals surface area contributed by atoms with Gasteiger partial charge in [-0.15, -0.1) is 0 Å². The summed E-state index contributed by atoms with van der Waals surface area (Å²) in [5, 5.41) is 23.1. The number of aliphatic hydroxyl groups excluding tert-OH is 2. The Hall–Kier alpha value is -1.92. The van der Waals surface area contributed by atoms with E-state index in [1.807, 2.05) is 0 Å². The molecule has 0 saturated heterocycles. The fourth-order valence-corrected chi connectivity index (χ4v) is 9.25. The fraction of sp³-hybridized carbons (Fsp3) is 0.871. The summed E-state index contributed by atoms with van der Waals surface area (Å²) < 4.78 is 5.48. The number of carbonyl (C=O) groups excluding carboxylic acids is 2. The van der Waals surface area contributed by atoms with Crippen LogP contribution < -0.4 is 5.32 Å². The third kappa shape index (κ3) is 53.4. The van der Waals surface area contributed by atoms with Gasteiger partial charge >= 0.3 is 5.97 Å². The van der Waals surface area contributed by atoms with Gasteiger partial charge in [-0.1, -0.05) is 262 Å². The summed E-state index contributed by atoms with van der Waals surface area (Å²) in [6.07, 6.45) is 71.6. The smallest absolute Gasteiger partial charge is 0.305 e. The first-order valence-corrected chi connectivity index (χ1v) is 30.2. The minimum atomic E-state index is -0.667. The Bertz CT molecular complexity index is 1100. The first-order valence-electron chi connectivity index (χ1n) is 30.2. The molecular weight excluding hydrogens is 839 g/mol. The van der Waals surface area contributed by atoms with Gasteiger partial charge in [-0.05, 0) is 83.5 Å². The number of hydrogen-bond acceptors (Lipinski definition) is 5. The van der Waals surface area contributed by atoms with Gasteiger partial charge in [0.1, 0.15) is 0 Å². The minimum absolute atomic E-state index is 0.00145. The molecule has 0 aliphatic heterocycles. The summed E-state index contributed by atoms with van der Waals surface area (Å²) >= 11 is 0. The molecule has 3 N–H and O–H groups in total. The van der Waals surface area contributed by atoms with Crippen LogP contribution >= 0.6 is 0 Å². The number of unbranched alkanes of at least 4 members (excludes halogenated alkanes) is 39. The lowest BCUT2D eigenvalue weighted by Crippen LogP contribution is -2.45. The molecule has 0 aromatic rings. The van der Waals surface area contributed by atoms with Gasteiger partial charge in [-0.25, -0.2) is 0 Å². The Kier molecular flexibility index (Phi) is 56.0. The number of ether oxygens (including phenoxy) is 1. The van der Waals surface area contributed by atoms with Crippen LogP contribution in [0.25, 0.3) is 0 Å². The quantitative estimate of drug-likeness (QED) is 0.0321. The molecule has 1 amide bonds. The average molecular weight is 957 g/mol. The van der Waals surface area contributed by atoms with Gasteiger partial charge in [0.05, 0.1) is 25.4 Å². The summed E-state index contributed by atoms with van der Waals surface area (Å²) in [6.45, 7) is 4.93. The zero-order valence-electron chi connectivity index (χ0n) is 45.6. The van der Waals surface area contributed by atoms with E-state index in [9.17, 15) is 19.8 Å². The SMILES string of the molecule is CCCCCCCCC/C=C\CCCCCCCC(=O)OCCCCCCCCCCC/C=C\C/C=C\CCCCCCCCCCCC(=O)NC(CO)C(O)CCCCCCCCCCCC. The number of esters is 1. The molecule has 0 aromatic heterocycles. The van der Waals surface area contributed by atoms with Crippen LogP contribution in [0.3, 0.4) is 0 Å². The molecule has 2 atom stereocenters. The van der Waals surface area contributed by atoms with Crippen LogP contribution in [0.1, 0.15) is 322 Å². The van der Waals surface area contributed by atoms with Crippen LogP contribution in [0.5, 0.6) is 0 Å². The van der Waals surface area contributed by atoms with Gasteiger partial charge in [0.2, 0.25) is 5.91 Å². The second kappa shape index (κ2) is 57.7. The third-order valence-corrected chi connectivity index (χ3v) is 13.9. The molecule has 0 aliphatic carbocycles. The van der Waals surface area contributed by atoms with Crippen molar-refractivity contribution < 1.29 is 24.5 Å². The molecule has 0 fully saturated rings. The molecule has 0 spiro atoms. The topological polar surface area (TPSA) is 95.9 Å². The zero-order valence-corrected chi connectivity index (χ0v) is 45.6. The van der Waals surface area contributed by atoms with Crippen LogP contribution in [0.15, 0.2) is 36.5 Å². The zero-order chi connectivity index (χ0) is 49.3. The van der Waals surface area contributed by atoms with E-state index in [1.54, 1.807) is 0 Å².